The van der Waals surface area contributed by atoms with Gasteiger partial charge in [0.2, 0.25) is 0 Å². The number of esters is 1. The maximum absolute atomic E-state index is 12.9. The Morgan fingerprint density at radius 3 is 2.78 bits per heavy atom. The molecule has 0 bridgehead atoms. The number of nitrogens with zero attached hydrogens (tertiary/aromatic N) is 1. The van der Waals surface area contributed by atoms with Crippen molar-refractivity contribution in [1.82, 2.24) is 4.98 Å². The van der Waals surface area contributed by atoms with Crippen molar-refractivity contribution in [3.05, 3.63) is 27.5 Å². The van der Waals surface area contributed by atoms with Crippen LogP contribution in [0.4, 0.5) is 8.78 Å². The highest BCUT2D eigenvalue weighted by molar-refractivity contribution is 9.10. The van der Waals surface area contributed by atoms with Gasteiger partial charge in [-0.25, -0.2) is 13.8 Å². The van der Waals surface area contributed by atoms with Gasteiger partial charge in [-0.15, -0.1) is 11.6 Å². The number of alkyl halides is 3. The Hall–Kier alpha value is -0.750. The van der Waals surface area contributed by atoms with Gasteiger partial charge in [0.1, 0.15) is 4.60 Å². The summed E-state index contributed by atoms with van der Waals surface area (Å²) in [5, 5.41) is 0. The average Bonchev–Trinajstić information content (AvgIpc) is 2.30. The van der Waals surface area contributed by atoms with Gasteiger partial charge in [-0.05, 0) is 34.0 Å². The maximum atomic E-state index is 12.9. The van der Waals surface area contributed by atoms with Crippen LogP contribution in [0.15, 0.2) is 10.8 Å². The fourth-order valence-electron chi connectivity index (χ4n) is 1.48. The van der Waals surface area contributed by atoms with Crippen molar-refractivity contribution in [2.75, 3.05) is 6.61 Å². The molecule has 1 heterocycles. The van der Waals surface area contributed by atoms with Crippen LogP contribution in [0.5, 0.6) is 0 Å². The number of halogens is 4. The van der Waals surface area contributed by atoms with Gasteiger partial charge >= 0.3 is 5.97 Å². The third-order valence-corrected chi connectivity index (χ3v) is 3.16. The molecule has 0 unspecified atom stereocenters. The van der Waals surface area contributed by atoms with Crippen LogP contribution in [0, 0.1) is 0 Å². The zero-order valence-electron chi connectivity index (χ0n) is 9.55. The minimum absolute atomic E-state index is 0.0424. The first kappa shape index (κ1) is 15.3. The van der Waals surface area contributed by atoms with E-state index in [1.807, 2.05) is 0 Å². The topological polar surface area (TPSA) is 39.2 Å². The van der Waals surface area contributed by atoms with E-state index in [1.165, 1.54) is 6.20 Å². The molecule has 18 heavy (non-hydrogen) atoms. The lowest BCUT2D eigenvalue weighted by atomic mass is 10.0. The van der Waals surface area contributed by atoms with Gasteiger partial charge in [0.15, 0.2) is 0 Å². The summed E-state index contributed by atoms with van der Waals surface area (Å²) in [4.78, 5) is 15.1. The fourth-order valence-corrected chi connectivity index (χ4v) is 2.31. The standard InChI is InChI=1S/C11H11BrClF2NO2/c1-2-18-8(17)3-6-5-16-10(12)9(11(14)15)7(6)4-13/h5,11H,2-4H2,1H3. The molecule has 100 valence electrons. The molecule has 1 aromatic rings. The molecular weight excluding hydrogens is 331 g/mol. The largest absolute Gasteiger partial charge is 0.466 e. The van der Waals surface area contributed by atoms with Crippen molar-refractivity contribution < 1.29 is 18.3 Å². The van der Waals surface area contributed by atoms with Crippen molar-refractivity contribution in [2.45, 2.75) is 25.7 Å². The Kier molecular flexibility index (Phi) is 5.95. The van der Waals surface area contributed by atoms with Gasteiger partial charge in [0, 0.05) is 12.1 Å². The quantitative estimate of drug-likeness (QED) is 0.466. The van der Waals surface area contributed by atoms with E-state index in [1.54, 1.807) is 6.92 Å². The number of pyridine rings is 1. The summed E-state index contributed by atoms with van der Waals surface area (Å²) in [6, 6.07) is 0. The summed E-state index contributed by atoms with van der Waals surface area (Å²) in [7, 11) is 0. The van der Waals surface area contributed by atoms with E-state index in [4.69, 9.17) is 16.3 Å². The van der Waals surface area contributed by atoms with Crippen LogP contribution in [0.3, 0.4) is 0 Å². The number of hydrogen-bond acceptors (Lipinski definition) is 3. The second-order valence-electron chi connectivity index (χ2n) is 3.38. The van der Waals surface area contributed by atoms with E-state index < -0.39 is 12.4 Å². The van der Waals surface area contributed by atoms with Crippen LogP contribution < -0.4 is 0 Å². The third-order valence-electron chi connectivity index (χ3n) is 2.26. The molecule has 0 N–H and O–H groups in total. The van der Waals surface area contributed by atoms with E-state index in [9.17, 15) is 13.6 Å². The first-order valence-corrected chi connectivity index (χ1v) is 6.49. The Labute approximate surface area is 117 Å². The molecule has 0 saturated carbocycles. The van der Waals surface area contributed by atoms with Crippen molar-refractivity contribution in [2.24, 2.45) is 0 Å². The van der Waals surface area contributed by atoms with Gasteiger partial charge in [0.05, 0.1) is 18.6 Å². The molecule has 0 fully saturated rings. The van der Waals surface area contributed by atoms with Crippen LogP contribution in [0.1, 0.15) is 30.0 Å². The zero-order chi connectivity index (χ0) is 13.7. The van der Waals surface area contributed by atoms with Crippen molar-refractivity contribution in [1.29, 1.82) is 0 Å². The lowest BCUT2D eigenvalue weighted by Gasteiger charge is -2.13. The molecule has 0 saturated heterocycles. The number of rotatable bonds is 5. The Balaban J connectivity index is 3.13. The van der Waals surface area contributed by atoms with Gasteiger partial charge in [-0.2, -0.15) is 0 Å². The highest BCUT2D eigenvalue weighted by atomic mass is 79.9. The molecule has 0 atom stereocenters. The normalized spacial score (nSPS) is 10.8. The Morgan fingerprint density at radius 2 is 2.28 bits per heavy atom. The predicted octanol–water partition coefficient (Wildman–Crippen LogP) is 3.63. The smallest absolute Gasteiger partial charge is 0.310 e. The van der Waals surface area contributed by atoms with E-state index in [0.29, 0.717) is 5.56 Å². The molecule has 1 aromatic heterocycles. The van der Waals surface area contributed by atoms with Gasteiger partial charge in [0.25, 0.3) is 6.43 Å². The van der Waals surface area contributed by atoms with Crippen LogP contribution in [-0.2, 0) is 21.8 Å². The van der Waals surface area contributed by atoms with Gasteiger partial charge in [-0.1, -0.05) is 0 Å². The van der Waals surface area contributed by atoms with Gasteiger partial charge < -0.3 is 4.74 Å². The van der Waals surface area contributed by atoms with E-state index in [-0.39, 0.29) is 34.6 Å². The van der Waals surface area contributed by atoms with E-state index in [2.05, 4.69) is 20.9 Å². The number of hydrogen-bond donors (Lipinski definition) is 0. The van der Waals surface area contributed by atoms with E-state index in [0.717, 1.165) is 0 Å². The summed E-state index contributed by atoms with van der Waals surface area (Å²) in [5.41, 5.74) is 0.315. The fraction of sp³-hybridized carbons (Fsp3) is 0.455. The number of carbonyl (C=O) groups excluding carboxylic acids is 1. The molecule has 0 amide bonds. The van der Waals surface area contributed by atoms with Crippen LogP contribution in [-0.4, -0.2) is 17.6 Å². The molecule has 1 rings (SSSR count). The van der Waals surface area contributed by atoms with Crippen LogP contribution >= 0.6 is 27.5 Å². The molecular formula is C11H11BrClF2NO2. The third kappa shape index (κ3) is 3.62. The molecule has 0 aliphatic heterocycles. The monoisotopic (exact) mass is 341 g/mol. The van der Waals surface area contributed by atoms with Crippen molar-refractivity contribution in [3.63, 3.8) is 0 Å². The number of carbonyl (C=O) groups is 1. The summed E-state index contributed by atoms with van der Waals surface area (Å²) in [6.45, 7) is 1.91. The minimum atomic E-state index is -2.71. The first-order chi connectivity index (χ1) is 8.51. The predicted molar refractivity (Wildman–Crippen MR) is 66.8 cm³/mol. The molecule has 7 heteroatoms. The van der Waals surface area contributed by atoms with Crippen molar-refractivity contribution in [3.8, 4) is 0 Å². The Bertz CT molecular complexity index is 443. The highest BCUT2D eigenvalue weighted by Gasteiger charge is 2.21. The van der Waals surface area contributed by atoms with Crippen LogP contribution in [0.2, 0.25) is 0 Å². The summed E-state index contributed by atoms with van der Waals surface area (Å²) in [5.74, 6) is -0.608. The first-order valence-electron chi connectivity index (χ1n) is 5.17. The summed E-state index contributed by atoms with van der Waals surface area (Å²) in [6.07, 6.45) is -1.47. The molecule has 0 aliphatic rings. The molecule has 0 aliphatic carbocycles. The summed E-state index contributed by atoms with van der Waals surface area (Å²) < 4.78 is 30.6. The second-order valence-corrected chi connectivity index (χ2v) is 4.40. The highest BCUT2D eigenvalue weighted by Crippen LogP contribution is 2.32. The summed E-state index contributed by atoms with van der Waals surface area (Å²) >= 11 is 8.63. The molecule has 0 radical (unpaired) electrons. The van der Waals surface area contributed by atoms with Crippen molar-refractivity contribution >= 4 is 33.5 Å². The van der Waals surface area contributed by atoms with E-state index >= 15 is 0 Å². The zero-order valence-corrected chi connectivity index (χ0v) is 11.9. The Morgan fingerprint density at radius 1 is 1.61 bits per heavy atom. The minimum Gasteiger partial charge on any atom is -0.466 e. The SMILES string of the molecule is CCOC(=O)Cc1cnc(Br)c(C(F)F)c1CCl. The lowest BCUT2D eigenvalue weighted by molar-refractivity contribution is -0.142. The molecule has 0 aromatic carbocycles. The maximum Gasteiger partial charge on any atom is 0.310 e. The van der Waals surface area contributed by atoms with Gasteiger partial charge in [-0.3, -0.25) is 4.79 Å². The van der Waals surface area contributed by atoms with Crippen LogP contribution in [0.25, 0.3) is 0 Å². The molecule has 0 spiro atoms. The average molecular weight is 343 g/mol. The second kappa shape index (κ2) is 6.99. The lowest BCUT2D eigenvalue weighted by Crippen LogP contribution is -2.11. The number of aromatic nitrogens is 1. The molecule has 3 nitrogen and oxygen atoms in total. The number of ether oxygens (including phenoxy) is 1.